The van der Waals surface area contributed by atoms with Gasteiger partial charge in [-0.15, -0.1) is 0 Å². The molecule has 0 saturated carbocycles. The highest BCUT2D eigenvalue weighted by atomic mass is 16.5. The molecule has 2 aromatic carbocycles. The van der Waals surface area contributed by atoms with Gasteiger partial charge in [-0.3, -0.25) is 4.90 Å². The highest BCUT2D eigenvalue weighted by Crippen LogP contribution is 2.30. The molecule has 0 radical (unpaired) electrons. The summed E-state index contributed by atoms with van der Waals surface area (Å²) >= 11 is 0. The fourth-order valence-corrected chi connectivity index (χ4v) is 3.14. The van der Waals surface area contributed by atoms with E-state index in [1.165, 1.54) is 10.8 Å². The van der Waals surface area contributed by atoms with Crippen LogP contribution < -0.4 is 5.73 Å². The quantitative estimate of drug-likeness (QED) is 0.787. The molecule has 4 rings (SSSR count). The van der Waals surface area contributed by atoms with E-state index in [9.17, 15) is 0 Å². The first-order valence-electron chi connectivity index (χ1n) is 7.49. The Morgan fingerprint density at radius 1 is 1.18 bits per heavy atom. The van der Waals surface area contributed by atoms with Gasteiger partial charge in [-0.1, -0.05) is 41.6 Å². The number of fused-ring (bicyclic) bond motifs is 1. The standard InChI is InChI=1S/C17H18N4O/c1-21-10-14(18)9-15(21)17-19-16(20-22-17)13-7-6-11-4-2-3-5-12(11)8-13/h2-8,14-15H,9-10,18H2,1H3. The predicted molar refractivity (Wildman–Crippen MR) is 85.2 cm³/mol. The Labute approximate surface area is 128 Å². The summed E-state index contributed by atoms with van der Waals surface area (Å²) in [5.74, 6) is 1.29. The van der Waals surface area contributed by atoms with Crippen molar-refractivity contribution in [2.75, 3.05) is 13.6 Å². The number of benzene rings is 2. The third-order valence-corrected chi connectivity index (χ3v) is 4.32. The van der Waals surface area contributed by atoms with E-state index in [0.717, 1.165) is 18.5 Å². The Morgan fingerprint density at radius 3 is 2.77 bits per heavy atom. The molecule has 0 spiro atoms. The van der Waals surface area contributed by atoms with E-state index < -0.39 is 0 Å². The van der Waals surface area contributed by atoms with Gasteiger partial charge >= 0.3 is 0 Å². The zero-order valence-corrected chi connectivity index (χ0v) is 12.4. The number of hydrogen-bond acceptors (Lipinski definition) is 5. The second-order valence-corrected chi connectivity index (χ2v) is 5.97. The number of nitrogens with zero attached hydrogens (tertiary/aromatic N) is 3. The molecule has 3 aromatic rings. The fraction of sp³-hybridized carbons (Fsp3) is 0.294. The second kappa shape index (κ2) is 5.19. The Bertz CT molecular complexity index is 813. The molecular weight excluding hydrogens is 276 g/mol. The normalized spacial score (nSPS) is 22.5. The first-order valence-corrected chi connectivity index (χ1v) is 7.49. The molecule has 2 heterocycles. The van der Waals surface area contributed by atoms with E-state index in [0.29, 0.717) is 11.7 Å². The Morgan fingerprint density at radius 2 is 2.00 bits per heavy atom. The van der Waals surface area contributed by atoms with Gasteiger partial charge in [0.15, 0.2) is 0 Å². The molecule has 5 heteroatoms. The minimum atomic E-state index is 0.122. The van der Waals surface area contributed by atoms with Crippen LogP contribution in [0.25, 0.3) is 22.2 Å². The number of aromatic nitrogens is 2. The van der Waals surface area contributed by atoms with Crippen LogP contribution in [0.1, 0.15) is 18.4 Å². The van der Waals surface area contributed by atoms with Crippen LogP contribution in [0.2, 0.25) is 0 Å². The zero-order valence-electron chi connectivity index (χ0n) is 12.4. The molecule has 0 bridgehead atoms. The lowest BCUT2D eigenvalue weighted by Gasteiger charge is -2.13. The van der Waals surface area contributed by atoms with Crippen molar-refractivity contribution < 1.29 is 4.52 Å². The molecule has 1 aliphatic heterocycles. The molecule has 5 nitrogen and oxygen atoms in total. The van der Waals surface area contributed by atoms with Gasteiger partial charge in [-0.05, 0) is 30.3 Å². The smallest absolute Gasteiger partial charge is 0.244 e. The lowest BCUT2D eigenvalue weighted by atomic mass is 10.1. The SMILES string of the molecule is CN1CC(N)CC1c1nc(-c2ccc3ccccc3c2)no1. The molecule has 2 unspecified atom stereocenters. The van der Waals surface area contributed by atoms with Gasteiger partial charge in [-0.2, -0.15) is 4.98 Å². The summed E-state index contributed by atoms with van der Waals surface area (Å²) in [5, 5.41) is 6.52. The van der Waals surface area contributed by atoms with Crippen molar-refractivity contribution in [3.8, 4) is 11.4 Å². The monoisotopic (exact) mass is 294 g/mol. The zero-order chi connectivity index (χ0) is 15.1. The number of likely N-dealkylation sites (N-methyl/N-ethyl adjacent to an activating group) is 1. The van der Waals surface area contributed by atoms with Crippen LogP contribution >= 0.6 is 0 Å². The van der Waals surface area contributed by atoms with Crippen molar-refractivity contribution in [1.29, 1.82) is 0 Å². The molecule has 112 valence electrons. The van der Waals surface area contributed by atoms with E-state index in [2.05, 4.69) is 39.3 Å². The Balaban J connectivity index is 1.68. The van der Waals surface area contributed by atoms with E-state index in [1.807, 2.05) is 25.2 Å². The van der Waals surface area contributed by atoms with E-state index >= 15 is 0 Å². The van der Waals surface area contributed by atoms with Crippen molar-refractivity contribution in [2.45, 2.75) is 18.5 Å². The van der Waals surface area contributed by atoms with Crippen molar-refractivity contribution >= 4 is 10.8 Å². The number of nitrogens with two attached hydrogens (primary N) is 1. The molecule has 1 saturated heterocycles. The summed E-state index contributed by atoms with van der Waals surface area (Å²) in [6.07, 6.45) is 0.857. The molecule has 2 atom stereocenters. The fourth-order valence-electron chi connectivity index (χ4n) is 3.14. The molecule has 1 aromatic heterocycles. The second-order valence-electron chi connectivity index (χ2n) is 5.97. The number of hydrogen-bond donors (Lipinski definition) is 1. The number of likely N-dealkylation sites (tertiary alicyclic amines) is 1. The summed E-state index contributed by atoms with van der Waals surface area (Å²) in [4.78, 5) is 6.75. The predicted octanol–water partition coefficient (Wildman–Crippen LogP) is 2.59. The largest absolute Gasteiger partial charge is 0.337 e. The first-order chi connectivity index (χ1) is 10.7. The molecule has 1 aliphatic rings. The topological polar surface area (TPSA) is 68.2 Å². The van der Waals surface area contributed by atoms with Crippen LogP contribution in [0.15, 0.2) is 47.0 Å². The number of rotatable bonds is 2. The van der Waals surface area contributed by atoms with Crippen LogP contribution in [-0.4, -0.2) is 34.7 Å². The minimum Gasteiger partial charge on any atom is -0.337 e. The lowest BCUT2D eigenvalue weighted by molar-refractivity contribution is 0.244. The van der Waals surface area contributed by atoms with E-state index in [4.69, 9.17) is 10.3 Å². The maximum Gasteiger partial charge on any atom is 0.244 e. The van der Waals surface area contributed by atoms with Crippen molar-refractivity contribution in [3.63, 3.8) is 0 Å². The third-order valence-electron chi connectivity index (χ3n) is 4.32. The third kappa shape index (κ3) is 2.28. The van der Waals surface area contributed by atoms with Crippen molar-refractivity contribution in [2.24, 2.45) is 5.73 Å². The molecule has 1 fully saturated rings. The Kier molecular flexibility index (Phi) is 3.17. The van der Waals surface area contributed by atoms with Gasteiger partial charge in [0.25, 0.3) is 0 Å². The van der Waals surface area contributed by atoms with Gasteiger partial charge in [0.2, 0.25) is 11.7 Å². The molecule has 0 aliphatic carbocycles. The summed E-state index contributed by atoms with van der Waals surface area (Å²) in [7, 11) is 2.04. The van der Waals surface area contributed by atoms with Gasteiger partial charge in [-0.25, -0.2) is 0 Å². The molecule has 22 heavy (non-hydrogen) atoms. The first kappa shape index (κ1) is 13.4. The van der Waals surface area contributed by atoms with Gasteiger partial charge in [0, 0.05) is 18.2 Å². The molecule has 0 amide bonds. The summed E-state index contributed by atoms with van der Waals surface area (Å²) < 4.78 is 5.48. The van der Waals surface area contributed by atoms with Gasteiger partial charge in [0.1, 0.15) is 0 Å². The maximum absolute atomic E-state index is 6.00. The average molecular weight is 294 g/mol. The minimum absolute atomic E-state index is 0.122. The van der Waals surface area contributed by atoms with Crippen LogP contribution in [0, 0.1) is 0 Å². The van der Waals surface area contributed by atoms with Crippen LogP contribution in [0.5, 0.6) is 0 Å². The maximum atomic E-state index is 6.00. The van der Waals surface area contributed by atoms with Crippen LogP contribution in [0.3, 0.4) is 0 Å². The lowest BCUT2D eigenvalue weighted by Crippen LogP contribution is -2.24. The molecular formula is C17H18N4O. The summed E-state index contributed by atoms with van der Waals surface area (Å²) in [6.45, 7) is 0.859. The van der Waals surface area contributed by atoms with E-state index in [1.54, 1.807) is 0 Å². The summed E-state index contributed by atoms with van der Waals surface area (Å²) in [6, 6.07) is 14.7. The van der Waals surface area contributed by atoms with Crippen LogP contribution in [0.4, 0.5) is 0 Å². The van der Waals surface area contributed by atoms with Gasteiger partial charge in [0.05, 0.1) is 6.04 Å². The van der Waals surface area contributed by atoms with Gasteiger partial charge < -0.3 is 10.3 Å². The van der Waals surface area contributed by atoms with Crippen LogP contribution in [-0.2, 0) is 0 Å². The van der Waals surface area contributed by atoms with Crippen molar-refractivity contribution in [3.05, 3.63) is 48.4 Å². The average Bonchev–Trinajstić information content (AvgIpc) is 3.13. The highest BCUT2D eigenvalue weighted by Gasteiger charge is 2.32. The summed E-state index contributed by atoms with van der Waals surface area (Å²) in [5.41, 5.74) is 6.97. The molecule has 2 N–H and O–H groups in total. The highest BCUT2D eigenvalue weighted by molar-refractivity contribution is 5.86. The van der Waals surface area contributed by atoms with E-state index in [-0.39, 0.29) is 12.1 Å². The van der Waals surface area contributed by atoms with Crippen molar-refractivity contribution in [1.82, 2.24) is 15.0 Å². The Hall–Kier alpha value is -2.24.